The normalized spacial score (nSPS) is 13.4. The summed E-state index contributed by atoms with van der Waals surface area (Å²) in [5, 5.41) is 12.7. The molecule has 0 saturated heterocycles. The van der Waals surface area contributed by atoms with E-state index < -0.39 is 0 Å². The van der Waals surface area contributed by atoms with E-state index in [1.807, 2.05) is 6.07 Å². The van der Waals surface area contributed by atoms with Gasteiger partial charge < -0.3 is 5.32 Å². The van der Waals surface area contributed by atoms with Crippen LogP contribution in [0.15, 0.2) is 24.3 Å². The number of fused-ring (bicyclic) bond motifs is 1. The zero-order valence-corrected chi connectivity index (χ0v) is 12.5. The molecule has 0 bridgehead atoms. The highest BCUT2D eigenvalue weighted by Gasteiger charge is 2.15. The molecule has 0 aliphatic heterocycles. The van der Waals surface area contributed by atoms with Gasteiger partial charge in [0.15, 0.2) is 0 Å². The van der Waals surface area contributed by atoms with Gasteiger partial charge in [-0.25, -0.2) is 4.98 Å². The largest absolute Gasteiger partial charge is 0.339 e. The fourth-order valence-corrected chi connectivity index (χ4v) is 3.00. The van der Waals surface area contributed by atoms with Crippen molar-refractivity contribution in [1.82, 2.24) is 4.98 Å². The first-order valence-electron chi connectivity index (χ1n) is 7.44. The third-order valence-corrected chi connectivity index (χ3v) is 3.91. The van der Waals surface area contributed by atoms with Crippen LogP contribution in [0, 0.1) is 25.2 Å². The summed E-state index contributed by atoms with van der Waals surface area (Å²) >= 11 is 0. The van der Waals surface area contributed by atoms with Gasteiger partial charge in [0.2, 0.25) is 0 Å². The Balaban J connectivity index is 1.99. The molecule has 0 spiro atoms. The number of aryl methyl sites for hydroxylation is 4. The molecule has 0 atom stereocenters. The van der Waals surface area contributed by atoms with Gasteiger partial charge in [0.25, 0.3) is 0 Å². The van der Waals surface area contributed by atoms with Gasteiger partial charge in [-0.1, -0.05) is 6.07 Å². The Hall–Kier alpha value is -2.34. The van der Waals surface area contributed by atoms with E-state index in [1.54, 1.807) is 0 Å². The van der Waals surface area contributed by atoms with Gasteiger partial charge >= 0.3 is 0 Å². The average molecular weight is 277 g/mol. The van der Waals surface area contributed by atoms with E-state index in [0.29, 0.717) is 11.4 Å². The van der Waals surface area contributed by atoms with E-state index in [-0.39, 0.29) is 0 Å². The number of pyridine rings is 1. The average Bonchev–Trinajstić information content (AvgIpc) is 2.45. The van der Waals surface area contributed by atoms with Crippen molar-refractivity contribution in [2.75, 3.05) is 5.32 Å². The first-order chi connectivity index (χ1) is 10.2. The molecule has 0 amide bonds. The zero-order valence-electron chi connectivity index (χ0n) is 12.5. The quantitative estimate of drug-likeness (QED) is 0.895. The molecule has 21 heavy (non-hydrogen) atoms. The number of hydrogen-bond acceptors (Lipinski definition) is 3. The Morgan fingerprint density at radius 3 is 2.48 bits per heavy atom. The van der Waals surface area contributed by atoms with Gasteiger partial charge in [-0.2, -0.15) is 5.26 Å². The van der Waals surface area contributed by atoms with Gasteiger partial charge in [0.1, 0.15) is 11.9 Å². The predicted molar refractivity (Wildman–Crippen MR) is 84.8 cm³/mol. The fourth-order valence-electron chi connectivity index (χ4n) is 3.00. The summed E-state index contributed by atoms with van der Waals surface area (Å²) in [6.45, 7) is 4.15. The van der Waals surface area contributed by atoms with Gasteiger partial charge in [-0.15, -0.1) is 0 Å². The van der Waals surface area contributed by atoms with Crippen LogP contribution < -0.4 is 5.32 Å². The standard InChI is InChI=1S/C18H19N3/c1-12-7-13(2)9-16(8-12)20-18-15(11-19)10-14-5-3-4-6-17(14)21-18/h7-10H,3-6H2,1-2H3,(H,20,21). The first-order valence-corrected chi connectivity index (χ1v) is 7.44. The molecule has 1 heterocycles. The minimum absolute atomic E-state index is 0.634. The summed E-state index contributed by atoms with van der Waals surface area (Å²) in [4.78, 5) is 4.71. The van der Waals surface area contributed by atoms with Crippen molar-refractivity contribution in [2.24, 2.45) is 0 Å². The molecule has 0 unspecified atom stereocenters. The summed E-state index contributed by atoms with van der Waals surface area (Å²) in [6, 6.07) is 10.6. The number of aromatic nitrogens is 1. The number of anilines is 2. The summed E-state index contributed by atoms with van der Waals surface area (Å²) in [6.07, 6.45) is 4.45. The van der Waals surface area contributed by atoms with Crippen molar-refractivity contribution in [3.8, 4) is 6.07 Å². The van der Waals surface area contributed by atoms with Gasteiger partial charge in [0.05, 0.1) is 5.56 Å². The lowest BCUT2D eigenvalue weighted by Gasteiger charge is -2.17. The van der Waals surface area contributed by atoms with Crippen molar-refractivity contribution < 1.29 is 0 Å². The highest BCUT2D eigenvalue weighted by Crippen LogP contribution is 2.27. The molecule has 106 valence electrons. The van der Waals surface area contributed by atoms with E-state index in [9.17, 15) is 5.26 Å². The number of benzene rings is 1. The van der Waals surface area contributed by atoms with E-state index in [2.05, 4.69) is 43.4 Å². The maximum Gasteiger partial charge on any atom is 0.148 e. The smallest absolute Gasteiger partial charge is 0.148 e. The predicted octanol–water partition coefficient (Wildman–Crippen LogP) is 4.19. The fraction of sp³-hybridized carbons (Fsp3) is 0.333. The zero-order chi connectivity index (χ0) is 14.8. The van der Waals surface area contributed by atoms with Crippen LogP contribution in [-0.4, -0.2) is 4.98 Å². The van der Waals surface area contributed by atoms with Crippen LogP contribution in [0.2, 0.25) is 0 Å². The Morgan fingerprint density at radius 1 is 1.05 bits per heavy atom. The molecule has 2 aromatic rings. The lowest BCUT2D eigenvalue weighted by Crippen LogP contribution is -2.09. The van der Waals surface area contributed by atoms with Crippen molar-refractivity contribution in [1.29, 1.82) is 5.26 Å². The molecule has 1 aromatic heterocycles. The molecular weight excluding hydrogens is 258 g/mol. The second-order valence-electron chi connectivity index (χ2n) is 5.81. The number of rotatable bonds is 2. The Bertz CT molecular complexity index is 706. The molecule has 1 aliphatic carbocycles. The third-order valence-electron chi connectivity index (χ3n) is 3.91. The Morgan fingerprint density at radius 2 is 1.76 bits per heavy atom. The topological polar surface area (TPSA) is 48.7 Å². The van der Waals surface area contributed by atoms with Crippen LogP contribution in [0.4, 0.5) is 11.5 Å². The third kappa shape index (κ3) is 2.90. The van der Waals surface area contributed by atoms with Crippen LogP contribution in [0.1, 0.15) is 40.8 Å². The van der Waals surface area contributed by atoms with Crippen LogP contribution in [0.5, 0.6) is 0 Å². The molecule has 3 nitrogen and oxygen atoms in total. The molecule has 0 fully saturated rings. The molecule has 1 N–H and O–H groups in total. The number of nitrogens with zero attached hydrogens (tertiary/aromatic N) is 2. The van der Waals surface area contributed by atoms with Gasteiger partial charge in [-0.05, 0) is 74.4 Å². The van der Waals surface area contributed by atoms with Gasteiger partial charge in [-0.3, -0.25) is 0 Å². The number of nitrogens with one attached hydrogen (secondary N) is 1. The van der Waals surface area contributed by atoms with Crippen molar-refractivity contribution >= 4 is 11.5 Å². The minimum Gasteiger partial charge on any atom is -0.339 e. The van der Waals surface area contributed by atoms with Crippen LogP contribution in [0.3, 0.4) is 0 Å². The van der Waals surface area contributed by atoms with Crippen LogP contribution in [0.25, 0.3) is 0 Å². The molecule has 0 radical (unpaired) electrons. The number of nitriles is 1. The maximum absolute atomic E-state index is 9.38. The first kappa shape index (κ1) is 13.6. The highest BCUT2D eigenvalue weighted by molar-refractivity contribution is 5.65. The lowest BCUT2D eigenvalue weighted by molar-refractivity contribution is 0.668. The molecule has 0 saturated carbocycles. The monoisotopic (exact) mass is 277 g/mol. The molecule has 1 aliphatic rings. The van der Waals surface area contributed by atoms with Crippen molar-refractivity contribution in [3.63, 3.8) is 0 Å². The summed E-state index contributed by atoms with van der Waals surface area (Å²) in [5.41, 5.74) is 6.42. The Kier molecular flexibility index (Phi) is 3.62. The molecule has 3 heteroatoms. The van der Waals surface area contributed by atoms with E-state index >= 15 is 0 Å². The maximum atomic E-state index is 9.38. The van der Waals surface area contributed by atoms with Crippen molar-refractivity contribution in [3.05, 3.63) is 52.2 Å². The van der Waals surface area contributed by atoms with Gasteiger partial charge in [0, 0.05) is 11.4 Å². The second-order valence-corrected chi connectivity index (χ2v) is 5.81. The van der Waals surface area contributed by atoms with E-state index in [0.717, 1.165) is 24.2 Å². The summed E-state index contributed by atoms with van der Waals surface area (Å²) in [7, 11) is 0. The SMILES string of the molecule is Cc1cc(C)cc(Nc2nc3c(cc2C#N)CCCC3)c1. The van der Waals surface area contributed by atoms with E-state index in [4.69, 9.17) is 4.98 Å². The summed E-state index contributed by atoms with van der Waals surface area (Å²) < 4.78 is 0. The molecular formula is C18H19N3. The van der Waals surface area contributed by atoms with Crippen LogP contribution in [-0.2, 0) is 12.8 Å². The van der Waals surface area contributed by atoms with Crippen molar-refractivity contribution in [2.45, 2.75) is 39.5 Å². The number of hydrogen-bond donors (Lipinski definition) is 1. The molecule has 1 aromatic carbocycles. The summed E-state index contributed by atoms with van der Waals surface area (Å²) in [5.74, 6) is 0.683. The lowest BCUT2D eigenvalue weighted by atomic mass is 9.95. The minimum atomic E-state index is 0.634. The van der Waals surface area contributed by atoms with Crippen LogP contribution >= 0.6 is 0 Å². The highest BCUT2D eigenvalue weighted by atomic mass is 15.0. The molecule has 3 rings (SSSR count). The Labute approximate surface area is 125 Å². The van der Waals surface area contributed by atoms with E-state index in [1.165, 1.54) is 29.5 Å². The second kappa shape index (κ2) is 5.57.